The van der Waals surface area contributed by atoms with Gasteiger partial charge in [0.1, 0.15) is 4.88 Å². The number of aliphatic hydroxyl groups excluding tert-OH is 1. The molecular formula is C16H17NO5S. The molecule has 2 heterocycles. The fraction of sp³-hybridized carbons (Fsp3) is 0.312. The molecule has 1 unspecified atom stereocenters. The van der Waals surface area contributed by atoms with Gasteiger partial charge >= 0.3 is 11.9 Å². The summed E-state index contributed by atoms with van der Waals surface area (Å²) in [5.41, 5.74) is 2.43. The van der Waals surface area contributed by atoms with Crippen LogP contribution in [0.25, 0.3) is 0 Å². The number of aliphatic carboxylic acids is 1. The summed E-state index contributed by atoms with van der Waals surface area (Å²) < 4.78 is 4.75. The summed E-state index contributed by atoms with van der Waals surface area (Å²) in [6.07, 6.45) is 1.59. The van der Waals surface area contributed by atoms with Crippen molar-refractivity contribution in [2.45, 2.75) is 25.4 Å². The molecule has 0 fully saturated rings. The van der Waals surface area contributed by atoms with E-state index in [0.717, 1.165) is 11.1 Å². The standard InChI is InChI=1S/C16H17NO5S/c1-22-16(21)14-11(6-7-23-14)4-2-10-3-5-12(17-9-10)8-13(18)15(19)20/h3,5-7,9,13,18H,2,4,8H2,1H3,(H,19,20). The fourth-order valence-electron chi connectivity index (χ4n) is 2.09. The predicted octanol–water partition coefficient (Wildman–Crippen LogP) is 1.70. The molecule has 0 radical (unpaired) electrons. The van der Waals surface area contributed by atoms with Crippen LogP contribution in [0.2, 0.25) is 0 Å². The Hall–Kier alpha value is -2.25. The molecule has 23 heavy (non-hydrogen) atoms. The van der Waals surface area contributed by atoms with Gasteiger partial charge in [0.15, 0.2) is 6.10 Å². The van der Waals surface area contributed by atoms with Crippen molar-refractivity contribution in [2.75, 3.05) is 7.11 Å². The van der Waals surface area contributed by atoms with Crippen LogP contribution in [0, 0.1) is 0 Å². The first-order chi connectivity index (χ1) is 11.0. The van der Waals surface area contributed by atoms with E-state index < -0.39 is 12.1 Å². The third-order valence-corrected chi connectivity index (χ3v) is 4.31. The van der Waals surface area contributed by atoms with Gasteiger partial charge in [0.25, 0.3) is 0 Å². The molecule has 1 atom stereocenters. The molecule has 0 saturated carbocycles. The minimum atomic E-state index is -1.44. The van der Waals surface area contributed by atoms with Crippen molar-refractivity contribution in [3.63, 3.8) is 0 Å². The summed E-state index contributed by atoms with van der Waals surface area (Å²) in [7, 11) is 1.36. The van der Waals surface area contributed by atoms with E-state index in [1.807, 2.05) is 17.5 Å². The number of carboxylic acids is 1. The summed E-state index contributed by atoms with van der Waals surface area (Å²) >= 11 is 1.36. The van der Waals surface area contributed by atoms with Gasteiger partial charge in [-0.1, -0.05) is 6.07 Å². The number of ether oxygens (including phenoxy) is 1. The van der Waals surface area contributed by atoms with E-state index >= 15 is 0 Å². The van der Waals surface area contributed by atoms with Gasteiger partial charge in [-0.15, -0.1) is 11.3 Å². The number of pyridine rings is 1. The molecule has 2 aromatic heterocycles. The summed E-state index contributed by atoms with van der Waals surface area (Å²) in [4.78, 5) is 27.0. The number of esters is 1. The van der Waals surface area contributed by atoms with Gasteiger partial charge in [0, 0.05) is 18.3 Å². The Balaban J connectivity index is 1.96. The number of carbonyl (C=O) groups excluding carboxylic acids is 1. The lowest BCUT2D eigenvalue weighted by Gasteiger charge is -2.06. The van der Waals surface area contributed by atoms with E-state index in [2.05, 4.69) is 4.98 Å². The summed E-state index contributed by atoms with van der Waals surface area (Å²) in [5, 5.41) is 19.8. The number of hydrogen-bond acceptors (Lipinski definition) is 6. The quantitative estimate of drug-likeness (QED) is 0.748. The number of hydrogen-bond donors (Lipinski definition) is 2. The van der Waals surface area contributed by atoms with Crippen LogP contribution >= 0.6 is 11.3 Å². The molecule has 0 aliphatic carbocycles. The Kier molecular flexibility index (Phi) is 5.84. The van der Waals surface area contributed by atoms with Gasteiger partial charge in [0.2, 0.25) is 0 Å². The highest BCUT2D eigenvalue weighted by atomic mass is 32.1. The minimum Gasteiger partial charge on any atom is -0.479 e. The number of aryl methyl sites for hydroxylation is 2. The van der Waals surface area contributed by atoms with Crippen LogP contribution in [-0.4, -0.2) is 40.3 Å². The van der Waals surface area contributed by atoms with Gasteiger partial charge in [-0.05, 0) is 41.5 Å². The van der Waals surface area contributed by atoms with Crippen LogP contribution in [0.15, 0.2) is 29.8 Å². The maximum Gasteiger partial charge on any atom is 0.348 e. The molecule has 0 aliphatic heterocycles. The fourth-order valence-corrected chi connectivity index (χ4v) is 2.96. The number of nitrogens with zero attached hydrogens (tertiary/aromatic N) is 1. The van der Waals surface area contributed by atoms with Crippen molar-refractivity contribution in [3.8, 4) is 0 Å². The van der Waals surface area contributed by atoms with Crippen molar-refractivity contribution in [3.05, 3.63) is 51.5 Å². The van der Waals surface area contributed by atoms with Crippen LogP contribution in [0.1, 0.15) is 26.5 Å². The lowest BCUT2D eigenvalue weighted by molar-refractivity contribution is -0.146. The van der Waals surface area contributed by atoms with Crippen molar-refractivity contribution >= 4 is 23.3 Å². The molecule has 0 spiro atoms. The van der Waals surface area contributed by atoms with Crippen LogP contribution in [0.4, 0.5) is 0 Å². The maximum absolute atomic E-state index is 11.6. The van der Waals surface area contributed by atoms with E-state index in [9.17, 15) is 14.7 Å². The third kappa shape index (κ3) is 4.61. The Labute approximate surface area is 137 Å². The molecule has 0 aliphatic rings. The molecule has 2 aromatic rings. The lowest BCUT2D eigenvalue weighted by Crippen LogP contribution is -2.22. The summed E-state index contributed by atoms with van der Waals surface area (Å²) in [6.45, 7) is 0. The normalized spacial score (nSPS) is 11.9. The first kappa shape index (κ1) is 17.1. The number of rotatable bonds is 7. The van der Waals surface area contributed by atoms with E-state index in [4.69, 9.17) is 9.84 Å². The highest BCUT2D eigenvalue weighted by molar-refractivity contribution is 7.12. The molecule has 0 amide bonds. The van der Waals surface area contributed by atoms with Gasteiger partial charge in [-0.3, -0.25) is 4.98 Å². The highest BCUT2D eigenvalue weighted by Gasteiger charge is 2.15. The second kappa shape index (κ2) is 7.85. The zero-order valence-electron chi connectivity index (χ0n) is 12.6. The Bertz CT molecular complexity index is 680. The number of methoxy groups -OCH3 is 1. The number of carbonyl (C=O) groups is 2. The first-order valence-corrected chi connectivity index (χ1v) is 7.88. The van der Waals surface area contributed by atoms with Crippen molar-refractivity contribution in [1.82, 2.24) is 4.98 Å². The first-order valence-electron chi connectivity index (χ1n) is 7.00. The van der Waals surface area contributed by atoms with Crippen LogP contribution in [0.5, 0.6) is 0 Å². The third-order valence-electron chi connectivity index (χ3n) is 3.37. The van der Waals surface area contributed by atoms with Gasteiger partial charge in [0.05, 0.1) is 7.11 Å². The lowest BCUT2D eigenvalue weighted by atomic mass is 10.1. The van der Waals surface area contributed by atoms with E-state index in [0.29, 0.717) is 23.4 Å². The second-order valence-corrected chi connectivity index (χ2v) is 5.90. The maximum atomic E-state index is 11.6. The highest BCUT2D eigenvalue weighted by Crippen LogP contribution is 2.20. The Morgan fingerprint density at radius 1 is 1.30 bits per heavy atom. The molecule has 6 nitrogen and oxygen atoms in total. The molecular weight excluding hydrogens is 318 g/mol. The average Bonchev–Trinajstić information content (AvgIpc) is 3.01. The molecule has 0 aromatic carbocycles. The van der Waals surface area contributed by atoms with Crippen molar-refractivity contribution < 1.29 is 24.5 Å². The number of carboxylic acid groups (broad SMARTS) is 1. The molecule has 7 heteroatoms. The number of thiophene rings is 1. The van der Waals surface area contributed by atoms with Crippen LogP contribution in [-0.2, 0) is 28.8 Å². The molecule has 122 valence electrons. The molecule has 0 saturated heterocycles. The van der Waals surface area contributed by atoms with Gasteiger partial charge in [-0.25, -0.2) is 9.59 Å². The summed E-state index contributed by atoms with van der Waals surface area (Å²) in [5.74, 6) is -1.59. The second-order valence-electron chi connectivity index (χ2n) is 4.98. The van der Waals surface area contributed by atoms with Gasteiger partial charge in [-0.2, -0.15) is 0 Å². The van der Waals surface area contributed by atoms with E-state index in [1.54, 1.807) is 12.3 Å². The molecule has 2 N–H and O–H groups in total. The monoisotopic (exact) mass is 335 g/mol. The smallest absolute Gasteiger partial charge is 0.348 e. The summed E-state index contributed by atoms with van der Waals surface area (Å²) in [6, 6.07) is 5.46. The van der Waals surface area contributed by atoms with Gasteiger partial charge < -0.3 is 14.9 Å². The number of aromatic nitrogens is 1. The predicted molar refractivity (Wildman–Crippen MR) is 84.7 cm³/mol. The zero-order valence-corrected chi connectivity index (χ0v) is 13.4. The SMILES string of the molecule is COC(=O)c1sccc1CCc1ccc(CC(O)C(=O)O)nc1. The topological polar surface area (TPSA) is 96.7 Å². The molecule has 2 rings (SSSR count). The van der Waals surface area contributed by atoms with Crippen molar-refractivity contribution in [2.24, 2.45) is 0 Å². The van der Waals surface area contributed by atoms with E-state index in [1.165, 1.54) is 18.4 Å². The van der Waals surface area contributed by atoms with Crippen molar-refractivity contribution in [1.29, 1.82) is 0 Å². The van der Waals surface area contributed by atoms with Crippen LogP contribution < -0.4 is 0 Å². The Morgan fingerprint density at radius 2 is 2.09 bits per heavy atom. The molecule has 0 bridgehead atoms. The zero-order chi connectivity index (χ0) is 16.8. The minimum absolute atomic E-state index is 0.0212. The van der Waals surface area contributed by atoms with E-state index in [-0.39, 0.29) is 12.4 Å². The van der Waals surface area contributed by atoms with Crippen LogP contribution in [0.3, 0.4) is 0 Å². The number of aliphatic hydroxyl groups is 1. The Morgan fingerprint density at radius 3 is 2.70 bits per heavy atom. The largest absolute Gasteiger partial charge is 0.479 e. The average molecular weight is 335 g/mol.